The number of para-hydroxylation sites is 1. The molecule has 2 aromatic heterocycles. The topological polar surface area (TPSA) is 51.0 Å². The molecule has 5 heteroatoms. The minimum absolute atomic E-state index is 0.00876. The molecular weight excluding hydrogens is 432 g/mol. The molecule has 0 aliphatic carbocycles. The van der Waals surface area contributed by atoms with Crippen LogP contribution in [0.1, 0.15) is 66.1 Å². The van der Waals surface area contributed by atoms with Crippen molar-refractivity contribution in [3.8, 4) is 16.9 Å². The molecule has 5 nitrogen and oxygen atoms in total. The van der Waals surface area contributed by atoms with Gasteiger partial charge in [0.15, 0.2) is 5.78 Å². The van der Waals surface area contributed by atoms with Crippen molar-refractivity contribution < 1.29 is 4.79 Å². The molecule has 0 amide bonds. The summed E-state index contributed by atoms with van der Waals surface area (Å²) in [4.78, 5) is 19.2. The zero-order valence-corrected chi connectivity index (χ0v) is 21.4. The Balaban J connectivity index is 1.62. The summed E-state index contributed by atoms with van der Waals surface area (Å²) in [6.45, 7) is 13.9. The number of hydrogen-bond donors (Lipinski definition) is 0. The molecule has 1 aliphatic heterocycles. The largest absolute Gasteiger partial charge is 0.346 e. The van der Waals surface area contributed by atoms with Gasteiger partial charge in [0, 0.05) is 34.3 Å². The van der Waals surface area contributed by atoms with Gasteiger partial charge in [-0.1, -0.05) is 69.3 Å². The number of Topliss-reactive ketones (excluding diaryl/α,β-unsaturated/α-hetero) is 1. The molecule has 0 atom stereocenters. The van der Waals surface area contributed by atoms with E-state index in [-0.39, 0.29) is 11.2 Å². The summed E-state index contributed by atoms with van der Waals surface area (Å²) >= 11 is 0. The van der Waals surface area contributed by atoms with Gasteiger partial charge in [0.1, 0.15) is 5.82 Å². The average molecular weight is 465 g/mol. The van der Waals surface area contributed by atoms with Crippen molar-refractivity contribution in [3.63, 3.8) is 0 Å². The molecule has 2 aromatic carbocycles. The fourth-order valence-corrected chi connectivity index (χ4v) is 4.86. The number of hydrogen-bond acceptors (Lipinski definition) is 4. The van der Waals surface area contributed by atoms with Crippen LogP contribution in [0.5, 0.6) is 0 Å². The Hall–Kier alpha value is -3.73. The van der Waals surface area contributed by atoms with E-state index in [9.17, 15) is 4.79 Å². The summed E-state index contributed by atoms with van der Waals surface area (Å²) in [5.74, 6) is 1.05. The van der Waals surface area contributed by atoms with Crippen molar-refractivity contribution in [2.45, 2.75) is 60.0 Å². The molecule has 0 unspecified atom stereocenters. The van der Waals surface area contributed by atoms with Crippen LogP contribution in [0.3, 0.4) is 0 Å². The quantitative estimate of drug-likeness (QED) is 0.321. The fourth-order valence-electron chi connectivity index (χ4n) is 4.86. The Kier molecular flexibility index (Phi) is 5.59. The van der Waals surface area contributed by atoms with Crippen LogP contribution in [0.2, 0.25) is 0 Å². The highest BCUT2D eigenvalue weighted by atomic mass is 16.1. The number of aromatic nitrogens is 3. The maximum absolute atomic E-state index is 11.9. The lowest BCUT2D eigenvalue weighted by Gasteiger charge is -2.23. The second kappa shape index (κ2) is 8.49. The molecule has 0 bridgehead atoms. The molecule has 1 aliphatic rings. The number of rotatable bonds is 4. The van der Waals surface area contributed by atoms with Crippen molar-refractivity contribution >= 4 is 11.6 Å². The monoisotopic (exact) mass is 464 g/mol. The van der Waals surface area contributed by atoms with Gasteiger partial charge in [0.05, 0.1) is 23.6 Å². The van der Waals surface area contributed by atoms with Gasteiger partial charge < -0.3 is 4.90 Å². The SMILES string of the molecule is CC(=O)c1ccc(-c2c3c(nn2-c2c(C)cccc2C)CN(c2cccc(C(C)(C)C)n2)C3)cc1. The first-order valence-corrected chi connectivity index (χ1v) is 12.1. The molecule has 0 saturated heterocycles. The number of nitrogens with zero attached hydrogens (tertiary/aromatic N) is 4. The number of carbonyl (C=O) groups is 1. The van der Waals surface area contributed by atoms with E-state index in [0.29, 0.717) is 12.1 Å². The first-order valence-electron chi connectivity index (χ1n) is 12.1. The van der Waals surface area contributed by atoms with Gasteiger partial charge in [-0.25, -0.2) is 9.67 Å². The van der Waals surface area contributed by atoms with Crippen molar-refractivity contribution in [1.29, 1.82) is 0 Å². The summed E-state index contributed by atoms with van der Waals surface area (Å²) in [7, 11) is 0. The minimum Gasteiger partial charge on any atom is -0.346 e. The first kappa shape index (κ1) is 23.0. The lowest BCUT2D eigenvalue weighted by Crippen LogP contribution is -2.21. The molecule has 0 radical (unpaired) electrons. The van der Waals surface area contributed by atoms with Crippen LogP contribution < -0.4 is 4.90 Å². The molecule has 3 heterocycles. The molecule has 0 fully saturated rings. The lowest BCUT2D eigenvalue weighted by atomic mass is 9.92. The summed E-state index contributed by atoms with van der Waals surface area (Å²) in [6.07, 6.45) is 0. The van der Waals surface area contributed by atoms with E-state index >= 15 is 0 Å². The molecular formula is C30H32N4O. The second-order valence-electron chi connectivity index (χ2n) is 10.5. The predicted octanol–water partition coefficient (Wildman–Crippen LogP) is 6.57. The lowest BCUT2D eigenvalue weighted by molar-refractivity contribution is 0.101. The fraction of sp³-hybridized carbons (Fsp3) is 0.300. The van der Waals surface area contributed by atoms with E-state index in [1.807, 2.05) is 24.3 Å². The first-order chi connectivity index (χ1) is 16.6. The molecule has 178 valence electrons. The molecule has 0 N–H and O–H groups in total. The van der Waals surface area contributed by atoms with Gasteiger partial charge in [-0.2, -0.15) is 5.10 Å². The molecule has 5 rings (SSSR count). The molecule has 0 spiro atoms. The number of fused-ring (bicyclic) bond motifs is 1. The Morgan fingerprint density at radius 2 is 1.54 bits per heavy atom. The second-order valence-corrected chi connectivity index (χ2v) is 10.5. The number of aryl methyl sites for hydroxylation is 2. The van der Waals surface area contributed by atoms with Gasteiger partial charge in [-0.15, -0.1) is 0 Å². The zero-order valence-electron chi connectivity index (χ0n) is 21.4. The van der Waals surface area contributed by atoms with E-state index in [0.717, 1.165) is 40.7 Å². The van der Waals surface area contributed by atoms with Gasteiger partial charge in [0.25, 0.3) is 0 Å². The van der Waals surface area contributed by atoms with Crippen LogP contribution in [-0.2, 0) is 18.5 Å². The maximum atomic E-state index is 11.9. The highest BCUT2D eigenvalue weighted by Crippen LogP contribution is 2.38. The number of ketones is 1. The third kappa shape index (κ3) is 4.16. The van der Waals surface area contributed by atoms with Gasteiger partial charge in [-0.3, -0.25) is 4.79 Å². The summed E-state index contributed by atoms with van der Waals surface area (Å²) < 4.78 is 2.11. The Morgan fingerprint density at radius 3 is 2.17 bits per heavy atom. The van der Waals surface area contributed by atoms with E-state index in [1.54, 1.807) is 6.92 Å². The van der Waals surface area contributed by atoms with Crippen LogP contribution in [0, 0.1) is 13.8 Å². The maximum Gasteiger partial charge on any atom is 0.159 e. The third-order valence-corrected chi connectivity index (χ3v) is 6.80. The highest BCUT2D eigenvalue weighted by molar-refractivity contribution is 5.94. The summed E-state index contributed by atoms with van der Waals surface area (Å²) in [6, 6.07) is 20.5. The van der Waals surface area contributed by atoms with Crippen LogP contribution in [-0.4, -0.2) is 20.5 Å². The molecule has 4 aromatic rings. The Morgan fingerprint density at radius 1 is 0.886 bits per heavy atom. The smallest absolute Gasteiger partial charge is 0.159 e. The summed E-state index contributed by atoms with van der Waals surface area (Å²) in [5.41, 5.74) is 9.71. The van der Waals surface area contributed by atoms with Crippen molar-refractivity contribution in [2.75, 3.05) is 4.90 Å². The van der Waals surface area contributed by atoms with Crippen LogP contribution in [0.25, 0.3) is 16.9 Å². The van der Waals surface area contributed by atoms with E-state index in [1.165, 1.54) is 16.7 Å². The highest BCUT2D eigenvalue weighted by Gasteiger charge is 2.30. The van der Waals surface area contributed by atoms with Gasteiger partial charge in [0.2, 0.25) is 0 Å². The predicted molar refractivity (Wildman–Crippen MR) is 141 cm³/mol. The van der Waals surface area contributed by atoms with Crippen molar-refractivity contribution in [1.82, 2.24) is 14.8 Å². The number of benzene rings is 2. The average Bonchev–Trinajstić information content (AvgIpc) is 3.37. The Bertz CT molecular complexity index is 1400. The van der Waals surface area contributed by atoms with Crippen molar-refractivity contribution in [3.05, 3.63) is 94.3 Å². The standard InChI is InChI=1S/C30H32N4O/c1-19-9-7-10-20(2)28(19)34-29(23-15-13-22(14-16-23)21(3)35)24-17-33(18-25(24)32-34)27-12-8-11-26(31-27)30(4,5)6/h7-16H,17-18H2,1-6H3. The molecule has 0 saturated carbocycles. The van der Waals surface area contributed by atoms with Gasteiger partial charge in [-0.05, 0) is 44.0 Å². The number of anilines is 1. The zero-order chi connectivity index (χ0) is 24.9. The Labute approximate surface area is 207 Å². The number of carbonyl (C=O) groups excluding carboxylic acids is 1. The summed E-state index contributed by atoms with van der Waals surface area (Å²) in [5, 5.41) is 5.14. The third-order valence-electron chi connectivity index (χ3n) is 6.80. The number of pyridine rings is 1. The van der Waals surface area contributed by atoms with Crippen LogP contribution in [0.4, 0.5) is 5.82 Å². The van der Waals surface area contributed by atoms with Crippen LogP contribution >= 0.6 is 0 Å². The van der Waals surface area contributed by atoms with E-state index < -0.39 is 0 Å². The minimum atomic E-state index is -0.00876. The molecule has 35 heavy (non-hydrogen) atoms. The van der Waals surface area contributed by atoms with Crippen molar-refractivity contribution in [2.24, 2.45) is 0 Å². The van der Waals surface area contributed by atoms with E-state index in [4.69, 9.17) is 10.1 Å². The normalized spacial score (nSPS) is 13.3. The van der Waals surface area contributed by atoms with Gasteiger partial charge >= 0.3 is 0 Å². The van der Waals surface area contributed by atoms with Crippen LogP contribution in [0.15, 0.2) is 60.7 Å². The van der Waals surface area contributed by atoms with E-state index in [2.05, 4.69) is 80.6 Å².